The molecule has 5 heavy (non-hydrogen) atoms. The Bertz CT molecular complexity index is 20.9. The van der Waals surface area contributed by atoms with Crippen LogP contribution in [-0.2, 0) is 0 Å². The van der Waals surface area contributed by atoms with E-state index in [1.165, 1.54) is 0 Å². The molecule has 0 rings (SSSR count). The minimum atomic E-state index is 0.0427. The van der Waals surface area contributed by atoms with Crippen molar-refractivity contribution in [2.24, 2.45) is 0 Å². The van der Waals surface area contributed by atoms with E-state index < -0.39 is 0 Å². The SMILES string of the molecule is CS[Si](C)C. The second kappa shape index (κ2) is 2.79. The molecule has 1 radical (unpaired) electrons. The van der Waals surface area contributed by atoms with E-state index in [0.717, 1.165) is 0 Å². The van der Waals surface area contributed by atoms with Gasteiger partial charge in [0.15, 0.2) is 0 Å². The van der Waals surface area contributed by atoms with Gasteiger partial charge in [-0.2, -0.15) is 11.2 Å². The van der Waals surface area contributed by atoms with Crippen molar-refractivity contribution in [3.8, 4) is 0 Å². The van der Waals surface area contributed by atoms with E-state index in [2.05, 4.69) is 19.3 Å². The molecule has 0 atom stereocenters. The molecule has 0 aliphatic rings. The molecule has 0 spiro atoms. The van der Waals surface area contributed by atoms with Crippen LogP contribution in [0.4, 0.5) is 0 Å². The molecule has 0 N–H and O–H groups in total. The Morgan fingerprint density at radius 1 is 1.40 bits per heavy atom. The molecular weight excluding hydrogens is 96.2 g/mol. The topological polar surface area (TPSA) is 0 Å². The van der Waals surface area contributed by atoms with Crippen LogP contribution < -0.4 is 0 Å². The summed E-state index contributed by atoms with van der Waals surface area (Å²) in [7, 11) is 0.0427. The zero-order chi connectivity index (χ0) is 4.28. The maximum atomic E-state index is 2.29. The summed E-state index contributed by atoms with van der Waals surface area (Å²) in [6, 6.07) is 0. The zero-order valence-electron chi connectivity index (χ0n) is 3.91. The Balaban J connectivity index is 2.54. The Labute approximate surface area is 39.2 Å². The lowest BCUT2D eigenvalue weighted by atomic mass is 11.9. The molecule has 0 aliphatic carbocycles. The second-order valence-corrected chi connectivity index (χ2v) is 7.01. The van der Waals surface area contributed by atoms with E-state index in [1.807, 2.05) is 11.2 Å². The lowest BCUT2D eigenvalue weighted by Gasteiger charge is -1.87. The zero-order valence-corrected chi connectivity index (χ0v) is 5.72. The molecule has 0 amide bonds. The van der Waals surface area contributed by atoms with Crippen LogP contribution in [0.5, 0.6) is 0 Å². The average molecular weight is 105 g/mol. The first kappa shape index (κ1) is 5.57. The van der Waals surface area contributed by atoms with Gasteiger partial charge < -0.3 is 0 Å². The third-order valence-corrected chi connectivity index (χ3v) is 3.67. The van der Waals surface area contributed by atoms with Gasteiger partial charge in [0.1, 0.15) is 7.95 Å². The van der Waals surface area contributed by atoms with Gasteiger partial charge in [0, 0.05) is 0 Å². The third kappa shape index (κ3) is 4.57. The minimum absolute atomic E-state index is 0.0427. The summed E-state index contributed by atoms with van der Waals surface area (Å²) in [6.07, 6.45) is 2.16. The maximum Gasteiger partial charge on any atom is 0.114 e. The van der Waals surface area contributed by atoms with Gasteiger partial charge in [-0.05, 0) is 6.26 Å². The highest BCUT2D eigenvalue weighted by Gasteiger charge is 1.84. The van der Waals surface area contributed by atoms with E-state index in [1.54, 1.807) is 0 Å². The summed E-state index contributed by atoms with van der Waals surface area (Å²) < 4.78 is 0. The highest BCUT2D eigenvalue weighted by Crippen LogP contribution is 1.96. The standard InChI is InChI=1S/C3H9SSi/c1-4-5(2)3/h1-3H3. The smallest absolute Gasteiger partial charge is 0.114 e. The fourth-order valence-corrected chi connectivity index (χ4v) is 0. The lowest BCUT2D eigenvalue weighted by molar-refractivity contribution is 2.10. The van der Waals surface area contributed by atoms with Gasteiger partial charge in [-0.3, -0.25) is 0 Å². The van der Waals surface area contributed by atoms with Crippen molar-refractivity contribution < 1.29 is 0 Å². The highest BCUT2D eigenvalue weighted by atomic mass is 32.4. The van der Waals surface area contributed by atoms with Crippen LogP contribution in [0.15, 0.2) is 0 Å². The molecule has 0 heterocycles. The van der Waals surface area contributed by atoms with E-state index in [4.69, 9.17) is 0 Å². The molecule has 0 aliphatic heterocycles. The van der Waals surface area contributed by atoms with Crippen molar-refractivity contribution in [3.63, 3.8) is 0 Å². The molecule has 0 aromatic rings. The van der Waals surface area contributed by atoms with Gasteiger partial charge in [0.25, 0.3) is 0 Å². The first-order valence-electron chi connectivity index (χ1n) is 1.61. The molecule has 0 bridgehead atoms. The molecule has 31 valence electrons. The number of rotatable bonds is 1. The van der Waals surface area contributed by atoms with Gasteiger partial charge in [0.2, 0.25) is 0 Å². The Morgan fingerprint density at radius 3 is 1.60 bits per heavy atom. The van der Waals surface area contributed by atoms with E-state index in [-0.39, 0.29) is 7.95 Å². The second-order valence-electron chi connectivity index (χ2n) is 1.11. The quantitative estimate of drug-likeness (QED) is 0.456. The Kier molecular flexibility index (Phi) is 3.10. The van der Waals surface area contributed by atoms with Gasteiger partial charge in [-0.1, -0.05) is 13.1 Å². The van der Waals surface area contributed by atoms with Gasteiger partial charge in [0.05, 0.1) is 0 Å². The van der Waals surface area contributed by atoms with Crippen molar-refractivity contribution in [1.82, 2.24) is 0 Å². The molecule has 0 aromatic carbocycles. The first-order chi connectivity index (χ1) is 2.27. The fourth-order valence-electron chi connectivity index (χ4n) is 0. The van der Waals surface area contributed by atoms with Gasteiger partial charge in [-0.25, -0.2) is 0 Å². The molecule has 0 unspecified atom stereocenters. The van der Waals surface area contributed by atoms with Crippen molar-refractivity contribution in [2.45, 2.75) is 13.1 Å². The Morgan fingerprint density at radius 2 is 1.60 bits per heavy atom. The summed E-state index contributed by atoms with van der Waals surface area (Å²) in [4.78, 5) is 0. The van der Waals surface area contributed by atoms with Crippen molar-refractivity contribution >= 4 is 19.2 Å². The maximum absolute atomic E-state index is 2.29. The number of hydrogen-bond acceptors (Lipinski definition) is 1. The van der Waals surface area contributed by atoms with Crippen molar-refractivity contribution in [2.75, 3.05) is 6.26 Å². The summed E-state index contributed by atoms with van der Waals surface area (Å²) in [5, 5.41) is 0. The minimum Gasteiger partial charge on any atom is -0.191 e. The normalized spacial score (nSPS) is 9.60. The Hall–Kier alpha value is 0.567. The molecular formula is C3H9SSi. The van der Waals surface area contributed by atoms with E-state index >= 15 is 0 Å². The largest absolute Gasteiger partial charge is 0.191 e. The molecule has 0 saturated heterocycles. The van der Waals surface area contributed by atoms with Crippen LogP contribution >= 0.6 is 11.2 Å². The van der Waals surface area contributed by atoms with Gasteiger partial charge >= 0.3 is 0 Å². The fraction of sp³-hybridized carbons (Fsp3) is 1.00. The van der Waals surface area contributed by atoms with Crippen LogP contribution in [0, 0.1) is 0 Å². The monoisotopic (exact) mass is 105 g/mol. The molecule has 0 saturated carbocycles. The third-order valence-electron chi connectivity index (χ3n) is 0.408. The first-order valence-corrected chi connectivity index (χ1v) is 6.06. The van der Waals surface area contributed by atoms with Crippen molar-refractivity contribution in [3.05, 3.63) is 0 Å². The summed E-state index contributed by atoms with van der Waals surface area (Å²) in [6.45, 7) is 4.57. The van der Waals surface area contributed by atoms with E-state index in [0.29, 0.717) is 0 Å². The highest BCUT2D eigenvalue weighted by molar-refractivity contribution is 8.24. The molecule has 0 aromatic heterocycles. The van der Waals surface area contributed by atoms with Crippen LogP contribution in [0.2, 0.25) is 13.1 Å². The number of hydrogen-bond donors (Lipinski definition) is 0. The predicted octanol–water partition coefficient (Wildman–Crippen LogP) is 1.60. The van der Waals surface area contributed by atoms with Crippen LogP contribution in [0.1, 0.15) is 0 Å². The van der Waals surface area contributed by atoms with Crippen LogP contribution in [0.3, 0.4) is 0 Å². The van der Waals surface area contributed by atoms with Crippen LogP contribution in [0.25, 0.3) is 0 Å². The summed E-state index contributed by atoms with van der Waals surface area (Å²) >= 11 is 1.98. The molecule has 0 nitrogen and oxygen atoms in total. The van der Waals surface area contributed by atoms with Gasteiger partial charge in [-0.15, -0.1) is 0 Å². The van der Waals surface area contributed by atoms with E-state index in [9.17, 15) is 0 Å². The van der Waals surface area contributed by atoms with Crippen LogP contribution in [-0.4, -0.2) is 14.2 Å². The summed E-state index contributed by atoms with van der Waals surface area (Å²) in [5.74, 6) is 0. The lowest BCUT2D eigenvalue weighted by Crippen LogP contribution is -1.86. The average Bonchev–Trinajstić information content (AvgIpc) is 1.38. The summed E-state index contributed by atoms with van der Waals surface area (Å²) in [5.41, 5.74) is 0. The molecule has 2 heteroatoms. The van der Waals surface area contributed by atoms with Crippen molar-refractivity contribution in [1.29, 1.82) is 0 Å². The molecule has 0 fully saturated rings. The predicted molar refractivity (Wildman–Crippen MR) is 31.0 cm³/mol.